The Morgan fingerprint density at radius 3 is 2.39 bits per heavy atom. The summed E-state index contributed by atoms with van der Waals surface area (Å²) in [5, 5.41) is 12.8. The standard InChI is InChI=1S/C27H34N4O4.ClH/c1-17(2)30(27(34)35)25-13-18(3)31(19(4)32)24-10-9-22(14-23(24)25)21-7-5-20(6-8-21)15-29-12-11-28-26(33)16-29;/h5-10,14,17-18,25H,11-13,15-16H2,1-4H3,(H,28,33)(H,34,35);1H. The third kappa shape index (κ3) is 5.65. The van der Waals surface area contributed by atoms with Crippen LogP contribution in [0.2, 0.25) is 0 Å². The van der Waals surface area contributed by atoms with Crippen LogP contribution in [0.5, 0.6) is 0 Å². The van der Waals surface area contributed by atoms with Crippen LogP contribution in [0.4, 0.5) is 10.5 Å². The molecule has 2 aliphatic rings. The molecule has 4 rings (SSSR count). The number of carbonyl (C=O) groups excluding carboxylic acids is 2. The van der Waals surface area contributed by atoms with Crippen LogP contribution in [-0.4, -0.2) is 64.5 Å². The molecule has 0 aromatic heterocycles. The number of rotatable bonds is 5. The van der Waals surface area contributed by atoms with Crippen molar-refractivity contribution in [2.24, 2.45) is 0 Å². The molecule has 3 amide bonds. The van der Waals surface area contributed by atoms with E-state index >= 15 is 0 Å². The quantitative estimate of drug-likeness (QED) is 0.621. The van der Waals surface area contributed by atoms with Crippen molar-refractivity contribution in [3.8, 4) is 11.1 Å². The number of carbonyl (C=O) groups is 3. The SMILES string of the molecule is CC(=O)N1c2ccc(-c3ccc(CN4CCNC(=O)C4)cc3)cc2C(N(C(=O)O)C(C)C)CC1C.Cl. The monoisotopic (exact) mass is 514 g/mol. The Balaban J connectivity index is 0.00000361. The number of anilines is 1. The first-order valence-corrected chi connectivity index (χ1v) is 12.2. The van der Waals surface area contributed by atoms with Crippen molar-refractivity contribution in [1.29, 1.82) is 0 Å². The Morgan fingerprint density at radius 2 is 1.81 bits per heavy atom. The lowest BCUT2D eigenvalue weighted by Crippen LogP contribution is -2.48. The maximum Gasteiger partial charge on any atom is 0.408 e. The van der Waals surface area contributed by atoms with Crippen LogP contribution in [0.1, 0.15) is 51.3 Å². The minimum atomic E-state index is -0.958. The van der Waals surface area contributed by atoms with E-state index in [-0.39, 0.29) is 42.3 Å². The zero-order valence-electron chi connectivity index (χ0n) is 21.2. The van der Waals surface area contributed by atoms with Crippen molar-refractivity contribution in [3.05, 3.63) is 53.6 Å². The molecule has 36 heavy (non-hydrogen) atoms. The summed E-state index contributed by atoms with van der Waals surface area (Å²) in [4.78, 5) is 41.7. The Bertz CT molecular complexity index is 1120. The van der Waals surface area contributed by atoms with Gasteiger partial charge in [-0.05, 0) is 61.6 Å². The molecule has 2 unspecified atom stereocenters. The second-order valence-electron chi connectivity index (χ2n) is 9.80. The van der Waals surface area contributed by atoms with Crippen molar-refractivity contribution >= 4 is 36.0 Å². The van der Waals surface area contributed by atoms with Crippen LogP contribution in [0.15, 0.2) is 42.5 Å². The van der Waals surface area contributed by atoms with Gasteiger partial charge in [0, 0.05) is 44.3 Å². The van der Waals surface area contributed by atoms with E-state index in [9.17, 15) is 19.5 Å². The highest BCUT2D eigenvalue weighted by molar-refractivity contribution is 5.94. The third-order valence-electron chi connectivity index (χ3n) is 6.91. The molecule has 2 aromatic rings. The zero-order chi connectivity index (χ0) is 25.3. The van der Waals surface area contributed by atoms with Crippen LogP contribution < -0.4 is 10.2 Å². The maximum absolute atomic E-state index is 12.5. The average Bonchev–Trinajstić information content (AvgIpc) is 2.78. The summed E-state index contributed by atoms with van der Waals surface area (Å²) in [6, 6.07) is 13.6. The molecule has 0 bridgehead atoms. The minimum Gasteiger partial charge on any atom is -0.465 e. The fourth-order valence-corrected chi connectivity index (χ4v) is 5.36. The largest absolute Gasteiger partial charge is 0.465 e. The van der Waals surface area contributed by atoms with Crippen LogP contribution >= 0.6 is 12.4 Å². The molecule has 0 aliphatic carbocycles. The van der Waals surface area contributed by atoms with E-state index in [1.807, 2.05) is 39.0 Å². The summed E-state index contributed by atoms with van der Waals surface area (Å²) in [5.41, 5.74) is 4.76. The van der Waals surface area contributed by atoms with Crippen molar-refractivity contribution in [2.75, 3.05) is 24.5 Å². The molecule has 0 spiro atoms. The number of nitrogens with zero attached hydrogens (tertiary/aromatic N) is 3. The second kappa shape index (κ2) is 11.3. The number of amides is 3. The third-order valence-corrected chi connectivity index (χ3v) is 6.91. The summed E-state index contributed by atoms with van der Waals surface area (Å²) in [5.74, 6) is 0.00864. The van der Waals surface area contributed by atoms with Gasteiger partial charge in [0.05, 0.1) is 12.6 Å². The minimum absolute atomic E-state index is 0. The zero-order valence-corrected chi connectivity index (χ0v) is 22.0. The maximum atomic E-state index is 12.5. The lowest BCUT2D eigenvalue weighted by atomic mass is 9.87. The Labute approximate surface area is 218 Å². The fraction of sp³-hybridized carbons (Fsp3) is 0.444. The van der Waals surface area contributed by atoms with Gasteiger partial charge in [0.15, 0.2) is 0 Å². The van der Waals surface area contributed by atoms with E-state index in [1.165, 1.54) is 4.90 Å². The Hall–Kier alpha value is -3.10. The topological polar surface area (TPSA) is 93.2 Å². The predicted octanol–water partition coefficient (Wildman–Crippen LogP) is 4.28. The van der Waals surface area contributed by atoms with Crippen LogP contribution in [0.3, 0.4) is 0 Å². The molecular weight excluding hydrogens is 480 g/mol. The van der Waals surface area contributed by atoms with Gasteiger partial charge in [0.1, 0.15) is 0 Å². The molecule has 2 aromatic carbocycles. The number of piperazine rings is 1. The smallest absolute Gasteiger partial charge is 0.408 e. The van der Waals surface area contributed by atoms with Gasteiger partial charge in [-0.1, -0.05) is 30.3 Å². The highest BCUT2D eigenvalue weighted by Gasteiger charge is 2.38. The predicted molar refractivity (Wildman–Crippen MR) is 142 cm³/mol. The van der Waals surface area contributed by atoms with Crippen LogP contribution in [0, 0.1) is 0 Å². The molecular formula is C27H35ClN4O4. The van der Waals surface area contributed by atoms with Gasteiger partial charge in [0.2, 0.25) is 11.8 Å². The van der Waals surface area contributed by atoms with E-state index in [4.69, 9.17) is 0 Å². The van der Waals surface area contributed by atoms with Gasteiger partial charge in [-0.3, -0.25) is 19.4 Å². The van der Waals surface area contributed by atoms with Crippen LogP contribution in [-0.2, 0) is 16.1 Å². The van der Waals surface area contributed by atoms with Gasteiger partial charge in [-0.2, -0.15) is 0 Å². The molecule has 2 atom stereocenters. The summed E-state index contributed by atoms with van der Waals surface area (Å²) >= 11 is 0. The molecule has 2 heterocycles. The first kappa shape index (κ1) is 27.5. The normalized spacial score (nSPS) is 19.8. The van der Waals surface area contributed by atoms with Gasteiger partial charge in [-0.15, -0.1) is 12.4 Å². The molecule has 194 valence electrons. The van der Waals surface area contributed by atoms with Crippen molar-refractivity contribution < 1.29 is 19.5 Å². The van der Waals surface area contributed by atoms with Crippen molar-refractivity contribution in [2.45, 2.75) is 58.8 Å². The van der Waals surface area contributed by atoms with Gasteiger partial charge in [-0.25, -0.2) is 4.79 Å². The van der Waals surface area contributed by atoms with E-state index in [2.05, 4.69) is 34.5 Å². The summed E-state index contributed by atoms with van der Waals surface area (Å²) in [6.07, 6.45) is -0.413. The summed E-state index contributed by atoms with van der Waals surface area (Å²) < 4.78 is 0. The van der Waals surface area contributed by atoms with Gasteiger partial charge in [0.25, 0.3) is 0 Å². The molecule has 1 fully saturated rings. The van der Waals surface area contributed by atoms with E-state index in [0.717, 1.165) is 34.5 Å². The molecule has 0 saturated carbocycles. The summed E-state index contributed by atoms with van der Waals surface area (Å²) in [7, 11) is 0. The highest BCUT2D eigenvalue weighted by Crippen LogP contribution is 2.43. The molecule has 2 N–H and O–H groups in total. The van der Waals surface area contributed by atoms with E-state index < -0.39 is 6.09 Å². The van der Waals surface area contributed by atoms with Crippen LogP contribution in [0.25, 0.3) is 11.1 Å². The lowest BCUT2D eigenvalue weighted by Gasteiger charge is -2.43. The average molecular weight is 515 g/mol. The number of halogens is 1. The number of nitrogens with one attached hydrogen (secondary N) is 1. The molecule has 8 nitrogen and oxygen atoms in total. The molecule has 9 heteroatoms. The lowest BCUT2D eigenvalue weighted by molar-refractivity contribution is -0.124. The molecule has 0 radical (unpaired) electrons. The number of carboxylic acid groups (broad SMARTS) is 1. The Kier molecular flexibility index (Phi) is 8.63. The van der Waals surface area contributed by atoms with Gasteiger partial charge >= 0.3 is 6.09 Å². The number of hydrogen-bond donors (Lipinski definition) is 2. The summed E-state index contributed by atoms with van der Waals surface area (Å²) in [6.45, 7) is 9.91. The van der Waals surface area contributed by atoms with Gasteiger partial charge < -0.3 is 15.3 Å². The Morgan fingerprint density at radius 1 is 1.14 bits per heavy atom. The number of benzene rings is 2. The first-order valence-electron chi connectivity index (χ1n) is 12.2. The number of fused-ring (bicyclic) bond motifs is 1. The number of hydrogen-bond acceptors (Lipinski definition) is 4. The second-order valence-corrected chi connectivity index (χ2v) is 9.80. The van der Waals surface area contributed by atoms with Crippen molar-refractivity contribution in [3.63, 3.8) is 0 Å². The first-order chi connectivity index (χ1) is 16.7. The van der Waals surface area contributed by atoms with E-state index in [1.54, 1.807) is 11.8 Å². The fourth-order valence-electron chi connectivity index (χ4n) is 5.36. The van der Waals surface area contributed by atoms with E-state index in [0.29, 0.717) is 26.1 Å². The highest BCUT2D eigenvalue weighted by atomic mass is 35.5. The molecule has 2 aliphatic heterocycles. The van der Waals surface area contributed by atoms with Crippen molar-refractivity contribution in [1.82, 2.24) is 15.1 Å². The molecule has 1 saturated heterocycles.